The van der Waals surface area contributed by atoms with Crippen molar-refractivity contribution in [3.8, 4) is 33.9 Å². The van der Waals surface area contributed by atoms with Crippen LogP contribution in [0.15, 0.2) is 97.1 Å². The number of allylic oxidation sites excluding steroid dienone is 4. The van der Waals surface area contributed by atoms with Gasteiger partial charge in [-0.2, -0.15) is 9.97 Å². The summed E-state index contributed by atoms with van der Waals surface area (Å²) in [5.74, 6) is 1.15. The summed E-state index contributed by atoms with van der Waals surface area (Å²) in [6, 6.07) is 26.7. The molecule has 0 bridgehead atoms. The first kappa shape index (κ1) is 19.4. The van der Waals surface area contributed by atoms with Gasteiger partial charge < -0.3 is 0 Å². The highest BCUT2D eigenvalue weighted by Crippen LogP contribution is 2.29. The zero-order chi connectivity index (χ0) is 21.0. The Morgan fingerprint density at radius 1 is 0.613 bits per heavy atom. The van der Waals surface area contributed by atoms with Gasteiger partial charge in [0.05, 0.1) is 0 Å². The van der Waals surface area contributed by atoms with Crippen molar-refractivity contribution in [3.63, 3.8) is 0 Å². The molecule has 1 aliphatic carbocycles. The van der Waals surface area contributed by atoms with Gasteiger partial charge in [-0.3, -0.25) is 0 Å². The molecule has 1 heterocycles. The Hall–Kier alpha value is -3.56. The summed E-state index contributed by atoms with van der Waals surface area (Å²) in [6.07, 6.45) is 8.58. The lowest BCUT2D eigenvalue weighted by Crippen LogP contribution is -1.98. The highest BCUT2D eigenvalue weighted by molar-refractivity contribution is 6.28. The standard InChI is InChI=1S/C27H20ClN3/c28-27-30-25(23-15-7-13-21(17-23)19-9-3-1-4-10-19)29-26(31-27)24-16-8-14-22(18-24)20-11-5-2-6-12-20/h1-5,7-11,13-18H,6,12H2. The summed E-state index contributed by atoms with van der Waals surface area (Å²) in [4.78, 5) is 13.6. The molecule has 0 fully saturated rings. The maximum atomic E-state index is 6.31. The molecule has 1 aliphatic rings. The molecule has 0 spiro atoms. The fourth-order valence-electron chi connectivity index (χ4n) is 3.78. The molecule has 3 nitrogen and oxygen atoms in total. The molecule has 5 rings (SSSR count). The zero-order valence-electron chi connectivity index (χ0n) is 16.9. The average Bonchev–Trinajstić information content (AvgIpc) is 2.85. The van der Waals surface area contributed by atoms with Crippen LogP contribution in [0, 0.1) is 0 Å². The lowest BCUT2D eigenvalue weighted by Gasteiger charge is -2.11. The van der Waals surface area contributed by atoms with Crippen molar-refractivity contribution in [1.82, 2.24) is 15.0 Å². The van der Waals surface area contributed by atoms with E-state index in [1.807, 2.05) is 42.5 Å². The number of rotatable bonds is 4. The minimum atomic E-state index is 0.190. The van der Waals surface area contributed by atoms with Gasteiger partial charge in [0.15, 0.2) is 11.6 Å². The van der Waals surface area contributed by atoms with E-state index in [4.69, 9.17) is 16.6 Å². The van der Waals surface area contributed by atoms with Crippen molar-refractivity contribution in [1.29, 1.82) is 0 Å². The normalized spacial score (nSPS) is 13.1. The third-order valence-corrected chi connectivity index (χ3v) is 5.51. The number of hydrogen-bond donors (Lipinski definition) is 0. The third kappa shape index (κ3) is 4.32. The number of hydrogen-bond acceptors (Lipinski definition) is 3. The Labute approximate surface area is 186 Å². The molecule has 3 aromatic carbocycles. The van der Waals surface area contributed by atoms with E-state index in [0.717, 1.165) is 35.1 Å². The van der Waals surface area contributed by atoms with Crippen molar-refractivity contribution in [2.24, 2.45) is 0 Å². The summed E-state index contributed by atoms with van der Waals surface area (Å²) in [5, 5.41) is 0.190. The topological polar surface area (TPSA) is 38.7 Å². The van der Waals surface area contributed by atoms with Crippen molar-refractivity contribution >= 4 is 17.2 Å². The van der Waals surface area contributed by atoms with Gasteiger partial charge in [0.1, 0.15) is 0 Å². The van der Waals surface area contributed by atoms with Crippen molar-refractivity contribution in [3.05, 3.63) is 108 Å². The van der Waals surface area contributed by atoms with Gasteiger partial charge in [0, 0.05) is 11.1 Å². The Bertz CT molecular complexity index is 1290. The predicted molar refractivity (Wildman–Crippen MR) is 127 cm³/mol. The molecule has 0 saturated carbocycles. The molecular formula is C27H20ClN3. The fourth-order valence-corrected chi connectivity index (χ4v) is 3.94. The largest absolute Gasteiger partial charge is 0.226 e. The smallest absolute Gasteiger partial charge is 0.208 e. The van der Waals surface area contributed by atoms with Crippen LogP contribution in [-0.2, 0) is 0 Å². The third-order valence-electron chi connectivity index (χ3n) is 5.34. The summed E-state index contributed by atoms with van der Waals surface area (Å²) in [7, 11) is 0. The maximum Gasteiger partial charge on any atom is 0.226 e. The van der Waals surface area contributed by atoms with Crippen LogP contribution in [0.5, 0.6) is 0 Å². The molecule has 0 N–H and O–H groups in total. The lowest BCUT2D eigenvalue weighted by molar-refractivity contribution is 1.05. The van der Waals surface area contributed by atoms with Gasteiger partial charge in [0.25, 0.3) is 0 Å². The monoisotopic (exact) mass is 421 g/mol. The van der Waals surface area contributed by atoms with E-state index in [2.05, 4.69) is 64.6 Å². The first-order chi connectivity index (χ1) is 15.3. The molecule has 0 radical (unpaired) electrons. The average molecular weight is 422 g/mol. The molecule has 0 saturated heterocycles. The quantitative estimate of drug-likeness (QED) is 0.348. The molecular weight excluding hydrogens is 402 g/mol. The van der Waals surface area contributed by atoms with Crippen LogP contribution in [0.25, 0.3) is 39.5 Å². The molecule has 0 unspecified atom stereocenters. The van der Waals surface area contributed by atoms with Gasteiger partial charge in [-0.25, -0.2) is 4.98 Å². The van der Waals surface area contributed by atoms with Crippen molar-refractivity contribution in [2.45, 2.75) is 12.8 Å². The lowest BCUT2D eigenvalue weighted by atomic mass is 9.96. The number of halogens is 1. The zero-order valence-corrected chi connectivity index (χ0v) is 17.6. The van der Waals surface area contributed by atoms with E-state index in [-0.39, 0.29) is 5.28 Å². The maximum absolute atomic E-state index is 6.31. The summed E-state index contributed by atoms with van der Waals surface area (Å²) in [6.45, 7) is 0. The van der Waals surface area contributed by atoms with Crippen molar-refractivity contribution < 1.29 is 0 Å². The highest BCUT2D eigenvalue weighted by atomic mass is 35.5. The van der Waals surface area contributed by atoms with Crippen LogP contribution < -0.4 is 0 Å². The molecule has 0 atom stereocenters. The summed E-state index contributed by atoms with van der Waals surface area (Å²) >= 11 is 6.31. The number of benzene rings is 3. The SMILES string of the molecule is Clc1nc(-c2cccc(C3=CC=CCC3)c2)nc(-c2cccc(-c3ccccc3)c2)n1. The minimum Gasteiger partial charge on any atom is -0.208 e. The number of aromatic nitrogens is 3. The van der Waals surface area contributed by atoms with E-state index >= 15 is 0 Å². The molecule has 0 aliphatic heterocycles. The first-order valence-electron chi connectivity index (χ1n) is 10.3. The van der Waals surface area contributed by atoms with Gasteiger partial charge in [-0.05, 0) is 58.8 Å². The second kappa shape index (κ2) is 8.66. The van der Waals surface area contributed by atoms with Crippen LogP contribution >= 0.6 is 11.6 Å². The fraction of sp³-hybridized carbons (Fsp3) is 0.0741. The minimum absolute atomic E-state index is 0.190. The molecule has 150 valence electrons. The van der Waals surface area contributed by atoms with Crippen LogP contribution in [0.3, 0.4) is 0 Å². The Morgan fingerprint density at radius 2 is 1.23 bits per heavy atom. The molecule has 0 amide bonds. The molecule has 4 aromatic rings. The molecule has 4 heteroatoms. The predicted octanol–water partition coefficient (Wildman–Crippen LogP) is 7.26. The Morgan fingerprint density at radius 3 is 1.90 bits per heavy atom. The molecule has 1 aromatic heterocycles. The highest BCUT2D eigenvalue weighted by Gasteiger charge is 2.12. The summed E-state index contributed by atoms with van der Waals surface area (Å²) < 4.78 is 0. The van der Waals surface area contributed by atoms with Gasteiger partial charge in [0.2, 0.25) is 5.28 Å². The second-order valence-electron chi connectivity index (χ2n) is 7.44. The van der Waals surface area contributed by atoms with E-state index in [9.17, 15) is 0 Å². The van der Waals surface area contributed by atoms with Gasteiger partial charge in [-0.15, -0.1) is 0 Å². The molecule has 31 heavy (non-hydrogen) atoms. The summed E-state index contributed by atoms with van der Waals surface area (Å²) in [5.41, 5.74) is 6.59. The van der Waals surface area contributed by atoms with Crippen LogP contribution in [-0.4, -0.2) is 15.0 Å². The van der Waals surface area contributed by atoms with E-state index in [1.165, 1.54) is 11.1 Å². The second-order valence-corrected chi connectivity index (χ2v) is 7.78. The Balaban J connectivity index is 1.54. The Kier molecular flexibility index (Phi) is 5.42. The number of nitrogens with zero attached hydrogens (tertiary/aromatic N) is 3. The van der Waals surface area contributed by atoms with Gasteiger partial charge >= 0.3 is 0 Å². The van der Waals surface area contributed by atoms with Crippen LogP contribution in [0.2, 0.25) is 5.28 Å². The van der Waals surface area contributed by atoms with Gasteiger partial charge in [-0.1, -0.05) is 85.0 Å². The van der Waals surface area contributed by atoms with Crippen molar-refractivity contribution in [2.75, 3.05) is 0 Å². The van der Waals surface area contributed by atoms with Crippen LogP contribution in [0.4, 0.5) is 0 Å². The van der Waals surface area contributed by atoms with Crippen LogP contribution in [0.1, 0.15) is 18.4 Å². The van der Waals surface area contributed by atoms with E-state index in [1.54, 1.807) is 0 Å². The van der Waals surface area contributed by atoms with E-state index < -0.39 is 0 Å². The first-order valence-corrected chi connectivity index (χ1v) is 10.7. The van der Waals surface area contributed by atoms with E-state index in [0.29, 0.717) is 11.6 Å².